The number of amides is 1. The number of benzene rings is 2. The summed E-state index contributed by atoms with van der Waals surface area (Å²) in [5, 5.41) is 2.79. The molecule has 2 aromatic carbocycles. The SMILES string of the molecule is Nc1cc(F)cc(SCC(=O)Nc2cccc(I)c2)c1. The molecule has 0 aromatic heterocycles. The number of carbonyl (C=O) groups is 1. The Hall–Kier alpha value is -1.28. The van der Waals surface area contributed by atoms with Crippen molar-refractivity contribution in [2.75, 3.05) is 16.8 Å². The summed E-state index contributed by atoms with van der Waals surface area (Å²) in [5.74, 6) is -0.334. The largest absolute Gasteiger partial charge is 0.399 e. The van der Waals surface area contributed by atoms with Crippen LogP contribution in [0.3, 0.4) is 0 Å². The Balaban J connectivity index is 1.92. The molecule has 104 valence electrons. The van der Waals surface area contributed by atoms with E-state index in [2.05, 4.69) is 27.9 Å². The fourth-order valence-electron chi connectivity index (χ4n) is 1.58. The number of thioether (sulfide) groups is 1. The molecule has 0 fully saturated rings. The molecule has 0 unspecified atom stereocenters. The first-order valence-corrected chi connectivity index (χ1v) is 7.83. The van der Waals surface area contributed by atoms with E-state index in [4.69, 9.17) is 5.73 Å². The highest BCUT2D eigenvalue weighted by atomic mass is 127. The molecule has 0 saturated carbocycles. The average molecular weight is 402 g/mol. The van der Waals surface area contributed by atoms with Gasteiger partial charge in [-0.3, -0.25) is 4.79 Å². The van der Waals surface area contributed by atoms with Crippen LogP contribution < -0.4 is 11.1 Å². The first kappa shape index (κ1) is 15.1. The summed E-state index contributed by atoms with van der Waals surface area (Å²) in [7, 11) is 0. The van der Waals surface area contributed by atoms with E-state index in [-0.39, 0.29) is 11.7 Å². The lowest BCUT2D eigenvalue weighted by atomic mass is 10.3. The summed E-state index contributed by atoms with van der Waals surface area (Å²) in [6.07, 6.45) is 0. The Morgan fingerprint density at radius 3 is 2.80 bits per heavy atom. The molecule has 20 heavy (non-hydrogen) atoms. The van der Waals surface area contributed by atoms with E-state index in [0.29, 0.717) is 10.6 Å². The number of hydrogen-bond donors (Lipinski definition) is 2. The predicted molar refractivity (Wildman–Crippen MR) is 89.3 cm³/mol. The van der Waals surface area contributed by atoms with Crippen LogP contribution in [0.5, 0.6) is 0 Å². The van der Waals surface area contributed by atoms with Gasteiger partial charge < -0.3 is 11.1 Å². The van der Waals surface area contributed by atoms with Crippen LogP contribution in [0.4, 0.5) is 15.8 Å². The number of carbonyl (C=O) groups excluding carboxylic acids is 1. The van der Waals surface area contributed by atoms with Crippen LogP contribution in [0, 0.1) is 9.39 Å². The van der Waals surface area contributed by atoms with E-state index in [0.717, 1.165) is 9.26 Å². The highest BCUT2D eigenvalue weighted by molar-refractivity contribution is 14.1. The van der Waals surface area contributed by atoms with Crippen molar-refractivity contribution in [2.24, 2.45) is 0 Å². The van der Waals surface area contributed by atoms with Gasteiger partial charge in [0.25, 0.3) is 0 Å². The van der Waals surface area contributed by atoms with E-state index in [1.54, 1.807) is 6.07 Å². The van der Waals surface area contributed by atoms with E-state index in [1.165, 1.54) is 23.9 Å². The third-order valence-electron chi connectivity index (χ3n) is 2.37. The molecule has 0 saturated heterocycles. The molecule has 0 heterocycles. The van der Waals surface area contributed by atoms with Gasteiger partial charge in [-0.25, -0.2) is 4.39 Å². The predicted octanol–water partition coefficient (Wildman–Crippen LogP) is 3.74. The third kappa shape index (κ3) is 4.68. The monoisotopic (exact) mass is 402 g/mol. The minimum absolute atomic E-state index is 0.139. The Morgan fingerprint density at radius 1 is 1.30 bits per heavy atom. The molecule has 3 N–H and O–H groups in total. The lowest BCUT2D eigenvalue weighted by Gasteiger charge is -2.06. The molecular weight excluding hydrogens is 390 g/mol. The Morgan fingerprint density at radius 2 is 2.10 bits per heavy atom. The van der Waals surface area contributed by atoms with E-state index in [9.17, 15) is 9.18 Å². The molecule has 0 aliphatic rings. The van der Waals surface area contributed by atoms with Gasteiger partial charge in [0.05, 0.1) is 5.75 Å². The molecule has 0 spiro atoms. The fourth-order valence-corrected chi connectivity index (χ4v) is 2.91. The summed E-state index contributed by atoms with van der Waals surface area (Å²) < 4.78 is 14.2. The smallest absolute Gasteiger partial charge is 0.234 e. The lowest BCUT2D eigenvalue weighted by molar-refractivity contribution is -0.113. The minimum atomic E-state index is -0.398. The van der Waals surface area contributed by atoms with Crippen LogP contribution in [0.1, 0.15) is 0 Å². The van der Waals surface area contributed by atoms with Gasteiger partial charge in [-0.15, -0.1) is 11.8 Å². The van der Waals surface area contributed by atoms with Crippen LogP contribution in [0.15, 0.2) is 47.4 Å². The Labute approximate surface area is 134 Å². The molecule has 3 nitrogen and oxygen atoms in total. The van der Waals surface area contributed by atoms with Crippen LogP contribution in [0.2, 0.25) is 0 Å². The van der Waals surface area contributed by atoms with Crippen molar-refractivity contribution in [3.8, 4) is 0 Å². The second kappa shape index (κ2) is 6.94. The number of nitrogen functional groups attached to an aromatic ring is 1. The van der Waals surface area contributed by atoms with Crippen molar-refractivity contribution in [3.63, 3.8) is 0 Å². The van der Waals surface area contributed by atoms with Crippen LogP contribution in [-0.2, 0) is 4.79 Å². The number of hydrogen-bond acceptors (Lipinski definition) is 3. The van der Waals surface area contributed by atoms with Crippen molar-refractivity contribution < 1.29 is 9.18 Å². The van der Waals surface area contributed by atoms with E-state index >= 15 is 0 Å². The zero-order chi connectivity index (χ0) is 14.5. The van der Waals surface area contributed by atoms with Crippen LogP contribution in [-0.4, -0.2) is 11.7 Å². The summed E-state index contributed by atoms with van der Waals surface area (Å²) >= 11 is 3.42. The molecule has 0 aliphatic heterocycles. The average Bonchev–Trinajstić information content (AvgIpc) is 2.35. The van der Waals surface area contributed by atoms with Gasteiger partial charge in [-0.2, -0.15) is 0 Å². The summed E-state index contributed by atoms with van der Waals surface area (Å²) in [5.41, 5.74) is 6.65. The third-order valence-corrected chi connectivity index (χ3v) is 4.02. The molecule has 0 atom stereocenters. The molecule has 0 radical (unpaired) electrons. The van der Waals surface area contributed by atoms with Crippen molar-refractivity contribution in [1.29, 1.82) is 0 Å². The van der Waals surface area contributed by atoms with E-state index < -0.39 is 5.82 Å². The number of rotatable bonds is 4. The molecule has 2 rings (SSSR count). The number of nitrogens with two attached hydrogens (primary N) is 1. The first-order valence-electron chi connectivity index (χ1n) is 5.77. The number of halogens is 2. The van der Waals surface area contributed by atoms with Crippen molar-refractivity contribution >= 4 is 51.6 Å². The van der Waals surface area contributed by atoms with Crippen LogP contribution >= 0.6 is 34.4 Å². The summed E-state index contributed by atoms with van der Waals surface area (Å²) in [4.78, 5) is 12.4. The highest BCUT2D eigenvalue weighted by Gasteiger charge is 2.05. The second-order valence-electron chi connectivity index (χ2n) is 4.07. The normalized spacial score (nSPS) is 10.3. The standard InChI is InChI=1S/C14H12FIN2OS/c15-9-4-11(17)7-13(5-9)20-8-14(19)18-12-3-1-2-10(16)6-12/h1-7H,8,17H2,(H,18,19). The molecule has 6 heteroatoms. The van der Waals surface area contributed by atoms with Crippen molar-refractivity contribution in [2.45, 2.75) is 4.90 Å². The zero-order valence-electron chi connectivity index (χ0n) is 10.4. The fraction of sp³-hybridized carbons (Fsp3) is 0.0714. The summed E-state index contributed by atoms with van der Waals surface area (Å²) in [6, 6.07) is 11.8. The van der Waals surface area contributed by atoms with Gasteiger partial charge in [-0.05, 0) is 59.0 Å². The van der Waals surface area contributed by atoms with Crippen LogP contribution in [0.25, 0.3) is 0 Å². The first-order chi connectivity index (χ1) is 9.52. The Bertz CT molecular complexity index is 616. The maximum atomic E-state index is 13.1. The zero-order valence-corrected chi connectivity index (χ0v) is 13.4. The topological polar surface area (TPSA) is 55.1 Å². The van der Waals surface area contributed by atoms with Gasteiger partial charge in [0.2, 0.25) is 5.91 Å². The molecule has 0 bridgehead atoms. The quantitative estimate of drug-likeness (QED) is 0.466. The van der Waals surface area contributed by atoms with Gasteiger partial charge >= 0.3 is 0 Å². The molecule has 0 aliphatic carbocycles. The molecular formula is C14H12FIN2OS. The minimum Gasteiger partial charge on any atom is -0.399 e. The maximum Gasteiger partial charge on any atom is 0.234 e. The van der Waals surface area contributed by atoms with Gasteiger partial charge in [-0.1, -0.05) is 6.07 Å². The number of nitrogens with one attached hydrogen (secondary N) is 1. The van der Waals surface area contributed by atoms with Crippen molar-refractivity contribution in [3.05, 3.63) is 51.9 Å². The maximum absolute atomic E-state index is 13.1. The molecule has 1 amide bonds. The Kier molecular flexibility index (Phi) is 5.24. The second-order valence-corrected chi connectivity index (χ2v) is 6.36. The van der Waals surface area contributed by atoms with Gasteiger partial charge in [0, 0.05) is 19.8 Å². The number of anilines is 2. The lowest BCUT2D eigenvalue weighted by Crippen LogP contribution is -2.14. The van der Waals surface area contributed by atoms with Gasteiger partial charge in [0.1, 0.15) is 5.82 Å². The molecule has 2 aromatic rings. The van der Waals surface area contributed by atoms with Crippen molar-refractivity contribution in [1.82, 2.24) is 0 Å². The van der Waals surface area contributed by atoms with E-state index in [1.807, 2.05) is 24.3 Å². The van der Waals surface area contributed by atoms with Gasteiger partial charge in [0.15, 0.2) is 0 Å². The highest BCUT2D eigenvalue weighted by Crippen LogP contribution is 2.22. The summed E-state index contributed by atoms with van der Waals surface area (Å²) in [6.45, 7) is 0.